The number of aliphatic hydroxyl groups excluding tert-OH is 1. The van der Waals surface area contributed by atoms with E-state index in [0.29, 0.717) is 13.0 Å². The maximum absolute atomic E-state index is 13.5. The summed E-state index contributed by atoms with van der Waals surface area (Å²) >= 11 is 5.80. The van der Waals surface area contributed by atoms with Gasteiger partial charge in [0.15, 0.2) is 0 Å². The fourth-order valence-electron chi connectivity index (χ4n) is 2.27. The first-order chi connectivity index (χ1) is 8.58. The number of halogens is 2. The number of carbonyl (C=O) groups excluding carboxylic acids is 1. The van der Waals surface area contributed by atoms with Crippen molar-refractivity contribution in [2.75, 3.05) is 6.54 Å². The molecule has 0 heterocycles. The predicted molar refractivity (Wildman–Crippen MR) is 67.1 cm³/mol. The van der Waals surface area contributed by atoms with Gasteiger partial charge >= 0.3 is 0 Å². The molecule has 2 atom stereocenters. The van der Waals surface area contributed by atoms with Crippen LogP contribution in [0.3, 0.4) is 0 Å². The van der Waals surface area contributed by atoms with Crippen molar-refractivity contribution in [3.63, 3.8) is 0 Å². The zero-order chi connectivity index (χ0) is 13.1. The molecule has 1 aromatic rings. The van der Waals surface area contributed by atoms with Crippen LogP contribution in [-0.2, 0) is 0 Å². The van der Waals surface area contributed by atoms with Gasteiger partial charge < -0.3 is 10.4 Å². The van der Waals surface area contributed by atoms with Crippen LogP contribution in [0.1, 0.15) is 29.6 Å². The Morgan fingerprint density at radius 2 is 2.28 bits per heavy atom. The van der Waals surface area contributed by atoms with Crippen LogP contribution < -0.4 is 5.32 Å². The first kappa shape index (κ1) is 13.3. The molecule has 0 saturated heterocycles. The summed E-state index contributed by atoms with van der Waals surface area (Å²) in [5, 5.41) is 12.2. The van der Waals surface area contributed by atoms with E-state index in [9.17, 15) is 14.3 Å². The second-order valence-electron chi connectivity index (χ2n) is 4.64. The molecular formula is C13H15ClFNO2. The van der Waals surface area contributed by atoms with E-state index < -0.39 is 11.7 Å². The third-order valence-electron chi connectivity index (χ3n) is 3.25. The van der Waals surface area contributed by atoms with Gasteiger partial charge in [-0.05, 0) is 37.3 Å². The first-order valence-electron chi connectivity index (χ1n) is 5.98. The zero-order valence-corrected chi connectivity index (χ0v) is 10.6. The van der Waals surface area contributed by atoms with Crippen molar-refractivity contribution >= 4 is 17.5 Å². The molecule has 3 nitrogen and oxygen atoms in total. The van der Waals surface area contributed by atoms with Gasteiger partial charge in [0.1, 0.15) is 5.82 Å². The average Bonchev–Trinajstić information content (AvgIpc) is 2.72. The van der Waals surface area contributed by atoms with Gasteiger partial charge in [-0.1, -0.05) is 17.7 Å². The normalized spacial score (nSPS) is 23.1. The van der Waals surface area contributed by atoms with Gasteiger partial charge in [0.05, 0.1) is 16.7 Å². The molecule has 1 saturated carbocycles. The van der Waals surface area contributed by atoms with E-state index in [2.05, 4.69) is 5.32 Å². The molecule has 0 radical (unpaired) electrons. The number of carbonyl (C=O) groups is 1. The second kappa shape index (κ2) is 5.67. The van der Waals surface area contributed by atoms with Crippen molar-refractivity contribution < 1.29 is 14.3 Å². The summed E-state index contributed by atoms with van der Waals surface area (Å²) in [5.41, 5.74) is -0.113. The van der Waals surface area contributed by atoms with E-state index >= 15 is 0 Å². The molecule has 2 N–H and O–H groups in total. The lowest BCUT2D eigenvalue weighted by atomic mass is 10.1. The van der Waals surface area contributed by atoms with E-state index in [4.69, 9.17) is 11.6 Å². The minimum atomic E-state index is -0.619. The van der Waals surface area contributed by atoms with Crippen LogP contribution in [0, 0.1) is 11.7 Å². The van der Waals surface area contributed by atoms with E-state index in [1.54, 1.807) is 0 Å². The predicted octanol–water partition coefficient (Wildman–Crippen LogP) is 2.37. The molecule has 2 unspecified atom stereocenters. The topological polar surface area (TPSA) is 49.3 Å². The lowest BCUT2D eigenvalue weighted by molar-refractivity contribution is 0.0941. The molecule has 0 aliphatic heterocycles. The van der Waals surface area contributed by atoms with Gasteiger partial charge in [0, 0.05) is 6.54 Å². The molecule has 1 amide bonds. The van der Waals surface area contributed by atoms with Crippen LogP contribution in [-0.4, -0.2) is 23.7 Å². The number of hydrogen-bond donors (Lipinski definition) is 2. The molecule has 5 heteroatoms. The smallest absolute Gasteiger partial charge is 0.255 e. The largest absolute Gasteiger partial charge is 0.393 e. The number of aliphatic hydroxyl groups is 1. The summed E-state index contributed by atoms with van der Waals surface area (Å²) in [6.45, 7) is 0.445. The summed E-state index contributed by atoms with van der Waals surface area (Å²) in [4.78, 5) is 11.8. The minimum absolute atomic E-state index is 0.110. The van der Waals surface area contributed by atoms with Crippen molar-refractivity contribution in [3.8, 4) is 0 Å². The number of nitrogens with one attached hydrogen (secondary N) is 1. The van der Waals surface area contributed by atoms with Crippen molar-refractivity contribution in [1.29, 1.82) is 0 Å². The Hall–Kier alpha value is -1.13. The molecule has 0 aromatic heterocycles. The van der Waals surface area contributed by atoms with E-state index in [1.807, 2.05) is 0 Å². The summed E-state index contributed by atoms with van der Waals surface area (Å²) in [6.07, 6.45) is 2.06. The lowest BCUT2D eigenvalue weighted by Gasteiger charge is -2.12. The highest BCUT2D eigenvalue weighted by molar-refractivity contribution is 6.33. The van der Waals surface area contributed by atoms with Crippen molar-refractivity contribution in [1.82, 2.24) is 5.32 Å². The molecular weight excluding hydrogens is 257 g/mol. The quantitative estimate of drug-likeness (QED) is 0.887. The Bertz CT molecular complexity index is 432. The third-order valence-corrected chi connectivity index (χ3v) is 3.57. The Morgan fingerprint density at radius 1 is 1.50 bits per heavy atom. The van der Waals surface area contributed by atoms with Crippen molar-refractivity contribution in [2.24, 2.45) is 5.92 Å². The number of hydrogen-bond acceptors (Lipinski definition) is 2. The summed E-state index contributed by atoms with van der Waals surface area (Å²) in [6, 6.07) is 4.15. The molecule has 98 valence electrons. The van der Waals surface area contributed by atoms with Gasteiger partial charge in [-0.25, -0.2) is 4.39 Å². The highest BCUT2D eigenvalue weighted by Crippen LogP contribution is 2.25. The Labute approximate surface area is 110 Å². The zero-order valence-electron chi connectivity index (χ0n) is 9.83. The molecule has 1 fully saturated rings. The highest BCUT2D eigenvalue weighted by Gasteiger charge is 2.24. The molecule has 1 aromatic carbocycles. The number of rotatable bonds is 3. The van der Waals surface area contributed by atoms with Crippen molar-refractivity contribution in [3.05, 3.63) is 34.6 Å². The fourth-order valence-corrected chi connectivity index (χ4v) is 2.52. The van der Waals surface area contributed by atoms with E-state index in [-0.39, 0.29) is 22.6 Å². The summed E-state index contributed by atoms with van der Waals surface area (Å²) in [5.74, 6) is -0.861. The SMILES string of the molecule is O=C(NCC1CCC(O)C1)c1c(F)cccc1Cl. The van der Waals surface area contributed by atoms with Crippen LogP contribution in [0.5, 0.6) is 0 Å². The summed E-state index contributed by atoms with van der Waals surface area (Å²) < 4.78 is 13.5. The Kier molecular flexibility index (Phi) is 4.19. The van der Waals surface area contributed by atoms with Gasteiger partial charge in [0.25, 0.3) is 5.91 Å². The van der Waals surface area contributed by atoms with Crippen LogP contribution in [0.2, 0.25) is 5.02 Å². The highest BCUT2D eigenvalue weighted by atomic mass is 35.5. The van der Waals surface area contributed by atoms with E-state index in [1.165, 1.54) is 18.2 Å². The van der Waals surface area contributed by atoms with Gasteiger partial charge in [-0.15, -0.1) is 0 Å². The maximum Gasteiger partial charge on any atom is 0.255 e. The van der Waals surface area contributed by atoms with Gasteiger partial charge in [-0.2, -0.15) is 0 Å². The second-order valence-corrected chi connectivity index (χ2v) is 5.05. The first-order valence-corrected chi connectivity index (χ1v) is 6.36. The monoisotopic (exact) mass is 271 g/mol. The molecule has 1 aliphatic rings. The molecule has 0 bridgehead atoms. The summed E-state index contributed by atoms with van der Waals surface area (Å²) in [7, 11) is 0. The Balaban J connectivity index is 1.96. The number of benzene rings is 1. The van der Waals surface area contributed by atoms with E-state index in [0.717, 1.165) is 12.8 Å². The lowest BCUT2D eigenvalue weighted by Crippen LogP contribution is -2.29. The van der Waals surface area contributed by atoms with Crippen LogP contribution in [0.4, 0.5) is 4.39 Å². The maximum atomic E-state index is 13.5. The molecule has 2 rings (SSSR count). The Morgan fingerprint density at radius 3 is 2.89 bits per heavy atom. The fraction of sp³-hybridized carbons (Fsp3) is 0.462. The van der Waals surface area contributed by atoms with Crippen LogP contribution in [0.15, 0.2) is 18.2 Å². The van der Waals surface area contributed by atoms with Gasteiger partial charge in [-0.3, -0.25) is 4.79 Å². The third kappa shape index (κ3) is 3.00. The standard InChI is InChI=1S/C13H15ClFNO2/c14-10-2-1-3-11(15)12(10)13(18)16-7-8-4-5-9(17)6-8/h1-3,8-9,17H,4-7H2,(H,16,18). The molecule has 0 spiro atoms. The van der Waals surface area contributed by atoms with Crippen molar-refractivity contribution in [2.45, 2.75) is 25.4 Å². The average molecular weight is 272 g/mol. The van der Waals surface area contributed by atoms with Gasteiger partial charge in [0.2, 0.25) is 0 Å². The van der Waals surface area contributed by atoms with Crippen LogP contribution in [0.25, 0.3) is 0 Å². The minimum Gasteiger partial charge on any atom is -0.393 e. The number of amides is 1. The van der Waals surface area contributed by atoms with Crippen LogP contribution >= 0.6 is 11.6 Å². The molecule has 18 heavy (non-hydrogen) atoms. The molecule has 1 aliphatic carbocycles.